The molecule has 31 heavy (non-hydrogen) atoms. The van der Waals surface area contributed by atoms with E-state index in [4.69, 9.17) is 4.42 Å². The molecule has 4 rings (SSSR count). The maximum atomic E-state index is 13.1. The smallest absolute Gasteiger partial charge is 0.416 e. The number of hydrogen-bond donors (Lipinski definition) is 1. The van der Waals surface area contributed by atoms with Gasteiger partial charge in [0, 0.05) is 18.9 Å². The average molecular weight is 428 g/mol. The lowest BCUT2D eigenvalue weighted by atomic mass is 9.95. The molecule has 6 nitrogen and oxygen atoms in total. The summed E-state index contributed by atoms with van der Waals surface area (Å²) in [6.45, 7) is -0.255. The summed E-state index contributed by atoms with van der Waals surface area (Å²) in [5, 5.41) is 10.5. The van der Waals surface area contributed by atoms with Gasteiger partial charge in [0.2, 0.25) is 5.78 Å². The molecular formula is C22H15F3N2O4. The van der Waals surface area contributed by atoms with E-state index >= 15 is 0 Å². The van der Waals surface area contributed by atoms with E-state index in [0.717, 1.165) is 17.0 Å². The Morgan fingerprint density at radius 2 is 1.87 bits per heavy atom. The summed E-state index contributed by atoms with van der Waals surface area (Å²) in [4.78, 5) is 30.9. The number of Topliss-reactive ketones (excluding diaryl/α,β-unsaturated/α-hetero) is 1. The molecule has 1 atom stereocenters. The number of carbonyl (C=O) groups is 2. The first-order chi connectivity index (χ1) is 14.8. The van der Waals surface area contributed by atoms with Gasteiger partial charge in [-0.15, -0.1) is 0 Å². The highest BCUT2D eigenvalue weighted by Gasteiger charge is 2.44. The van der Waals surface area contributed by atoms with E-state index in [0.29, 0.717) is 5.56 Å². The van der Waals surface area contributed by atoms with Crippen LogP contribution < -0.4 is 0 Å². The van der Waals surface area contributed by atoms with Gasteiger partial charge in [-0.1, -0.05) is 12.1 Å². The van der Waals surface area contributed by atoms with Gasteiger partial charge in [-0.05, 0) is 47.5 Å². The number of aliphatic hydroxyl groups excluding tert-OH is 1. The Morgan fingerprint density at radius 1 is 1.13 bits per heavy atom. The van der Waals surface area contributed by atoms with Crippen LogP contribution in [0.4, 0.5) is 13.2 Å². The molecule has 2 aromatic heterocycles. The average Bonchev–Trinajstić information content (AvgIpc) is 3.37. The normalized spacial score (nSPS) is 16.8. The van der Waals surface area contributed by atoms with Crippen molar-refractivity contribution >= 4 is 11.7 Å². The topological polar surface area (TPSA) is 83.6 Å². The van der Waals surface area contributed by atoms with Crippen LogP contribution in [0.15, 0.2) is 82.9 Å². The van der Waals surface area contributed by atoms with Crippen molar-refractivity contribution in [2.75, 3.05) is 0 Å². The molecule has 0 saturated heterocycles. The highest BCUT2D eigenvalue weighted by molar-refractivity contribution is 6.14. The lowest BCUT2D eigenvalue weighted by Gasteiger charge is -2.27. The van der Waals surface area contributed by atoms with Crippen LogP contribution >= 0.6 is 0 Å². The zero-order chi connectivity index (χ0) is 22.2. The number of aliphatic hydroxyl groups is 1. The van der Waals surface area contributed by atoms with Crippen LogP contribution in [0, 0.1) is 0 Å². The molecular weight excluding hydrogens is 413 g/mol. The Bertz CT molecular complexity index is 1160. The number of pyridine rings is 1. The summed E-state index contributed by atoms with van der Waals surface area (Å²) >= 11 is 0. The maximum Gasteiger partial charge on any atom is 0.416 e. The van der Waals surface area contributed by atoms with Gasteiger partial charge >= 0.3 is 6.18 Å². The van der Waals surface area contributed by atoms with E-state index < -0.39 is 35.2 Å². The molecule has 1 amide bonds. The Hall–Kier alpha value is -3.88. The third-order valence-electron chi connectivity index (χ3n) is 4.92. The third-order valence-corrected chi connectivity index (χ3v) is 4.92. The second-order valence-electron chi connectivity index (χ2n) is 6.88. The van der Waals surface area contributed by atoms with Gasteiger partial charge < -0.3 is 14.4 Å². The van der Waals surface area contributed by atoms with Crippen LogP contribution in [0.2, 0.25) is 0 Å². The number of ketones is 1. The molecule has 3 heterocycles. The zero-order valence-electron chi connectivity index (χ0n) is 15.8. The van der Waals surface area contributed by atoms with Crippen molar-refractivity contribution in [3.05, 3.63) is 101 Å². The number of hydrogen-bond acceptors (Lipinski definition) is 5. The third kappa shape index (κ3) is 3.81. The molecule has 1 aliphatic rings. The van der Waals surface area contributed by atoms with E-state index in [1.807, 2.05) is 0 Å². The van der Waals surface area contributed by atoms with E-state index in [1.54, 1.807) is 12.1 Å². The highest BCUT2D eigenvalue weighted by Crippen LogP contribution is 2.40. The van der Waals surface area contributed by atoms with Crippen molar-refractivity contribution in [3.63, 3.8) is 0 Å². The van der Waals surface area contributed by atoms with Crippen molar-refractivity contribution in [2.24, 2.45) is 0 Å². The molecule has 0 spiro atoms. The van der Waals surface area contributed by atoms with Gasteiger partial charge in [0.1, 0.15) is 0 Å². The molecule has 158 valence electrons. The second-order valence-corrected chi connectivity index (χ2v) is 6.88. The Labute approximate surface area is 174 Å². The number of aromatic nitrogens is 1. The number of alkyl halides is 3. The fourth-order valence-corrected chi connectivity index (χ4v) is 3.52. The summed E-state index contributed by atoms with van der Waals surface area (Å²) in [6, 6.07) is 9.52. The number of furan rings is 1. The zero-order valence-corrected chi connectivity index (χ0v) is 15.8. The summed E-state index contributed by atoms with van der Waals surface area (Å²) in [7, 11) is 0. The first kappa shape index (κ1) is 20.4. The van der Waals surface area contributed by atoms with E-state index in [9.17, 15) is 27.9 Å². The molecule has 9 heteroatoms. The van der Waals surface area contributed by atoms with Crippen molar-refractivity contribution < 1.29 is 32.3 Å². The molecule has 1 N–H and O–H groups in total. The minimum atomic E-state index is -4.55. The van der Waals surface area contributed by atoms with Crippen LogP contribution in [0.5, 0.6) is 0 Å². The summed E-state index contributed by atoms with van der Waals surface area (Å²) in [5.41, 5.74) is -0.407. The van der Waals surface area contributed by atoms with Crippen LogP contribution in [0.1, 0.15) is 33.3 Å². The van der Waals surface area contributed by atoms with Crippen molar-refractivity contribution in [1.29, 1.82) is 0 Å². The quantitative estimate of drug-likeness (QED) is 0.606. The van der Waals surface area contributed by atoms with Crippen LogP contribution in [0.25, 0.3) is 0 Å². The number of amides is 1. The van der Waals surface area contributed by atoms with Crippen molar-refractivity contribution in [1.82, 2.24) is 9.88 Å². The van der Waals surface area contributed by atoms with Crippen molar-refractivity contribution in [3.8, 4) is 0 Å². The monoisotopic (exact) mass is 428 g/mol. The molecule has 1 aliphatic heterocycles. The SMILES string of the molecule is O=C(C1=C(O)C(=O)N(Cc2cccc(C(F)(F)F)c2)C1c1ccncc1)c1ccco1. The molecule has 3 aromatic rings. The van der Waals surface area contributed by atoms with Gasteiger partial charge in [0.25, 0.3) is 5.91 Å². The second kappa shape index (κ2) is 7.75. The minimum Gasteiger partial charge on any atom is -0.503 e. The molecule has 0 bridgehead atoms. The number of carbonyl (C=O) groups excluding carboxylic acids is 2. The summed E-state index contributed by atoms with van der Waals surface area (Å²) in [6.07, 6.45) is -0.362. The molecule has 1 aromatic carbocycles. The molecule has 0 fully saturated rings. The van der Waals surface area contributed by atoms with Gasteiger partial charge in [-0.25, -0.2) is 0 Å². The van der Waals surface area contributed by atoms with Crippen LogP contribution in [-0.4, -0.2) is 26.7 Å². The lowest BCUT2D eigenvalue weighted by Crippen LogP contribution is -2.30. The Balaban J connectivity index is 1.76. The first-order valence-electron chi connectivity index (χ1n) is 9.15. The maximum absolute atomic E-state index is 13.1. The largest absolute Gasteiger partial charge is 0.503 e. The summed E-state index contributed by atoms with van der Waals surface area (Å²) < 4.78 is 44.4. The van der Waals surface area contributed by atoms with Crippen LogP contribution in [-0.2, 0) is 17.5 Å². The standard InChI is InChI=1S/C22H15F3N2O4/c23-22(24,25)15-4-1-3-13(11-15)12-27-18(14-6-8-26-9-7-14)17(20(29)21(27)30)19(28)16-5-2-10-31-16/h1-11,18,29H,12H2. The summed E-state index contributed by atoms with van der Waals surface area (Å²) in [5.74, 6) is -2.40. The number of rotatable bonds is 5. The van der Waals surface area contributed by atoms with Gasteiger partial charge in [0.05, 0.1) is 23.4 Å². The van der Waals surface area contributed by atoms with Gasteiger partial charge in [-0.2, -0.15) is 13.2 Å². The number of nitrogens with zero attached hydrogens (tertiary/aromatic N) is 2. The molecule has 0 aliphatic carbocycles. The predicted octanol–water partition coefficient (Wildman–Crippen LogP) is 4.47. The molecule has 0 saturated carbocycles. The van der Waals surface area contributed by atoms with Gasteiger partial charge in [0.15, 0.2) is 11.5 Å². The Morgan fingerprint density at radius 3 is 2.52 bits per heavy atom. The van der Waals surface area contributed by atoms with Gasteiger partial charge in [-0.3, -0.25) is 14.6 Å². The Kier molecular flexibility index (Phi) is 5.10. The fraction of sp³-hybridized carbons (Fsp3) is 0.136. The number of benzene rings is 1. The molecule has 0 radical (unpaired) electrons. The minimum absolute atomic E-state index is 0.0747. The fourth-order valence-electron chi connectivity index (χ4n) is 3.52. The van der Waals surface area contributed by atoms with E-state index in [1.165, 1.54) is 42.9 Å². The van der Waals surface area contributed by atoms with Crippen molar-refractivity contribution in [2.45, 2.75) is 18.8 Å². The van der Waals surface area contributed by atoms with E-state index in [2.05, 4.69) is 4.98 Å². The van der Waals surface area contributed by atoms with E-state index in [-0.39, 0.29) is 23.4 Å². The molecule has 1 unspecified atom stereocenters. The highest BCUT2D eigenvalue weighted by atomic mass is 19.4. The first-order valence-corrected chi connectivity index (χ1v) is 9.15. The van der Waals surface area contributed by atoms with Crippen LogP contribution in [0.3, 0.4) is 0 Å². The predicted molar refractivity (Wildman–Crippen MR) is 102 cm³/mol. The lowest BCUT2D eigenvalue weighted by molar-refractivity contribution is -0.137. The number of halogens is 3.